The van der Waals surface area contributed by atoms with Gasteiger partial charge in [-0.3, -0.25) is 14.9 Å². The molecule has 0 bridgehead atoms. The van der Waals surface area contributed by atoms with Crippen molar-refractivity contribution >= 4 is 33.4 Å². The summed E-state index contributed by atoms with van der Waals surface area (Å²) in [6.07, 6.45) is 3.71. The van der Waals surface area contributed by atoms with Crippen molar-refractivity contribution in [2.45, 2.75) is 13.1 Å². The van der Waals surface area contributed by atoms with Gasteiger partial charge in [-0.05, 0) is 29.7 Å². The van der Waals surface area contributed by atoms with Crippen LogP contribution in [0.3, 0.4) is 0 Å². The molecule has 136 valence electrons. The molecule has 0 radical (unpaired) electrons. The maximum absolute atomic E-state index is 12.3. The topological polar surface area (TPSA) is 82.1 Å². The van der Waals surface area contributed by atoms with Gasteiger partial charge in [0.1, 0.15) is 6.54 Å². The van der Waals surface area contributed by atoms with E-state index in [2.05, 4.69) is 28.1 Å². The van der Waals surface area contributed by atoms with Gasteiger partial charge in [-0.2, -0.15) is 0 Å². The molecule has 2 heterocycles. The number of aromatic nitrogens is 2. The fraction of sp³-hybridized carbons (Fsp3) is 0.150. The number of benzene rings is 2. The number of fused-ring (bicyclic) bond motifs is 2. The number of hydrogen-bond acceptors (Lipinski definition) is 3. The van der Waals surface area contributed by atoms with E-state index < -0.39 is 4.92 Å². The van der Waals surface area contributed by atoms with Crippen molar-refractivity contribution in [2.75, 3.05) is 6.54 Å². The molecule has 0 saturated carbocycles. The van der Waals surface area contributed by atoms with Gasteiger partial charge in [0.25, 0.3) is 5.69 Å². The predicted octanol–water partition coefficient (Wildman–Crippen LogP) is 3.32. The highest BCUT2D eigenvalue weighted by Crippen LogP contribution is 2.26. The predicted molar refractivity (Wildman–Crippen MR) is 104 cm³/mol. The highest BCUT2D eigenvalue weighted by molar-refractivity contribution is 5.90. The third kappa shape index (κ3) is 3.27. The van der Waals surface area contributed by atoms with E-state index in [9.17, 15) is 14.9 Å². The fourth-order valence-electron chi connectivity index (χ4n) is 3.37. The van der Waals surface area contributed by atoms with Crippen LogP contribution in [0.15, 0.2) is 67.0 Å². The van der Waals surface area contributed by atoms with Crippen LogP contribution in [-0.2, 0) is 17.9 Å². The first-order valence-corrected chi connectivity index (χ1v) is 8.66. The first-order chi connectivity index (χ1) is 13.1. The van der Waals surface area contributed by atoms with Gasteiger partial charge in [-0.25, -0.2) is 0 Å². The Morgan fingerprint density at radius 3 is 2.59 bits per heavy atom. The van der Waals surface area contributed by atoms with E-state index >= 15 is 0 Å². The summed E-state index contributed by atoms with van der Waals surface area (Å²) in [5, 5.41) is 15.7. The van der Waals surface area contributed by atoms with Crippen molar-refractivity contribution in [3.63, 3.8) is 0 Å². The number of nitrogens with zero attached hydrogens (tertiary/aromatic N) is 3. The Kier molecular flexibility index (Phi) is 4.33. The summed E-state index contributed by atoms with van der Waals surface area (Å²) in [5.74, 6) is -0.129. The lowest BCUT2D eigenvalue weighted by atomic mass is 10.2. The number of carbonyl (C=O) groups excluding carboxylic acids is 1. The van der Waals surface area contributed by atoms with Gasteiger partial charge >= 0.3 is 0 Å². The average molecular weight is 362 g/mol. The van der Waals surface area contributed by atoms with Crippen LogP contribution >= 0.6 is 0 Å². The minimum Gasteiger partial charge on any atom is -0.353 e. The largest absolute Gasteiger partial charge is 0.353 e. The van der Waals surface area contributed by atoms with Crippen molar-refractivity contribution in [3.8, 4) is 0 Å². The molecule has 0 spiro atoms. The smallest absolute Gasteiger partial charge is 0.278 e. The van der Waals surface area contributed by atoms with E-state index in [0.717, 1.165) is 5.52 Å². The van der Waals surface area contributed by atoms with Crippen LogP contribution in [0.5, 0.6) is 0 Å². The van der Waals surface area contributed by atoms with Crippen LogP contribution in [0, 0.1) is 10.1 Å². The standard InChI is InChI=1S/C20H18N4O3/c25-20(21-10-13-22-11-8-15-4-1-2-5-17(15)22)14-23-12-9-16-18(23)6-3-7-19(16)24(26)27/h1-9,11-12H,10,13-14H2,(H,21,25). The minimum atomic E-state index is -0.409. The van der Waals surface area contributed by atoms with Gasteiger partial charge in [-0.15, -0.1) is 0 Å². The molecule has 0 unspecified atom stereocenters. The van der Waals surface area contributed by atoms with Crippen LogP contribution in [0.25, 0.3) is 21.8 Å². The van der Waals surface area contributed by atoms with Gasteiger partial charge in [0.2, 0.25) is 5.91 Å². The van der Waals surface area contributed by atoms with Crippen LogP contribution in [0.1, 0.15) is 0 Å². The molecular formula is C20H18N4O3. The highest BCUT2D eigenvalue weighted by Gasteiger charge is 2.14. The average Bonchev–Trinajstić information content (AvgIpc) is 3.26. The van der Waals surface area contributed by atoms with Crippen molar-refractivity contribution in [3.05, 3.63) is 77.1 Å². The minimum absolute atomic E-state index is 0.0474. The molecule has 7 heteroatoms. The molecule has 2 aromatic heterocycles. The molecule has 27 heavy (non-hydrogen) atoms. The lowest BCUT2D eigenvalue weighted by molar-refractivity contribution is -0.383. The second-order valence-electron chi connectivity index (χ2n) is 6.33. The molecule has 0 aliphatic heterocycles. The SMILES string of the molecule is O=C(Cn1ccc2c([N+](=O)[O-])cccc21)NCCn1ccc2ccccc21. The van der Waals surface area contributed by atoms with Crippen molar-refractivity contribution in [2.24, 2.45) is 0 Å². The van der Waals surface area contributed by atoms with Gasteiger partial charge < -0.3 is 14.5 Å². The number of nitro groups is 1. The highest BCUT2D eigenvalue weighted by atomic mass is 16.6. The van der Waals surface area contributed by atoms with Crippen molar-refractivity contribution < 1.29 is 9.72 Å². The molecule has 0 aliphatic carbocycles. The molecule has 7 nitrogen and oxygen atoms in total. The Labute approximate surface area is 155 Å². The normalized spacial score (nSPS) is 11.1. The summed E-state index contributed by atoms with van der Waals surface area (Å²) < 4.78 is 3.83. The Balaban J connectivity index is 1.40. The number of rotatable bonds is 6. The first kappa shape index (κ1) is 16.8. The number of non-ortho nitro benzene ring substituents is 1. The molecule has 1 N–H and O–H groups in total. The lowest BCUT2D eigenvalue weighted by Gasteiger charge is -2.09. The monoisotopic (exact) mass is 362 g/mol. The molecule has 0 fully saturated rings. The second-order valence-corrected chi connectivity index (χ2v) is 6.33. The van der Waals surface area contributed by atoms with Crippen LogP contribution < -0.4 is 5.32 Å². The van der Waals surface area contributed by atoms with Crippen molar-refractivity contribution in [1.29, 1.82) is 0 Å². The molecule has 1 amide bonds. The number of nitro benzene ring substituents is 1. The van der Waals surface area contributed by atoms with Crippen LogP contribution in [0.2, 0.25) is 0 Å². The Morgan fingerprint density at radius 1 is 0.963 bits per heavy atom. The zero-order valence-corrected chi connectivity index (χ0v) is 14.5. The number of hydrogen-bond donors (Lipinski definition) is 1. The third-order valence-electron chi connectivity index (χ3n) is 4.66. The van der Waals surface area contributed by atoms with E-state index in [4.69, 9.17) is 0 Å². The Hall–Kier alpha value is -3.61. The molecule has 2 aromatic carbocycles. The summed E-state index contributed by atoms with van der Waals surface area (Å²) >= 11 is 0. The van der Waals surface area contributed by atoms with Gasteiger partial charge in [0.05, 0.1) is 15.8 Å². The van der Waals surface area contributed by atoms with Gasteiger partial charge in [0.15, 0.2) is 0 Å². The van der Waals surface area contributed by atoms with Gasteiger partial charge in [-0.1, -0.05) is 24.3 Å². The van der Waals surface area contributed by atoms with Crippen LogP contribution in [0.4, 0.5) is 5.69 Å². The Morgan fingerprint density at radius 2 is 1.74 bits per heavy atom. The number of nitrogens with one attached hydrogen (secondary N) is 1. The zero-order chi connectivity index (χ0) is 18.8. The van der Waals surface area contributed by atoms with E-state index in [-0.39, 0.29) is 18.1 Å². The van der Waals surface area contributed by atoms with Gasteiger partial charge in [0, 0.05) is 37.1 Å². The summed E-state index contributed by atoms with van der Waals surface area (Å²) in [6, 6.07) is 16.7. The summed E-state index contributed by atoms with van der Waals surface area (Å²) in [6.45, 7) is 1.31. The maximum atomic E-state index is 12.3. The summed E-state index contributed by atoms with van der Waals surface area (Å²) in [5.41, 5.74) is 1.86. The molecule has 4 rings (SSSR count). The quantitative estimate of drug-likeness (QED) is 0.422. The van der Waals surface area contributed by atoms with E-state index in [1.165, 1.54) is 11.5 Å². The zero-order valence-electron chi connectivity index (χ0n) is 14.5. The number of amides is 1. The van der Waals surface area contributed by atoms with Crippen LogP contribution in [-0.4, -0.2) is 26.5 Å². The molecule has 0 atom stereocenters. The summed E-state index contributed by atoms with van der Waals surface area (Å²) in [4.78, 5) is 23.0. The van der Waals surface area contributed by atoms with E-state index in [1.54, 1.807) is 29.0 Å². The molecule has 0 saturated heterocycles. The van der Waals surface area contributed by atoms with E-state index in [1.807, 2.05) is 18.3 Å². The molecule has 4 aromatic rings. The first-order valence-electron chi connectivity index (χ1n) is 8.66. The molecular weight excluding hydrogens is 344 g/mol. The maximum Gasteiger partial charge on any atom is 0.278 e. The Bertz CT molecular complexity index is 1140. The summed E-state index contributed by atoms with van der Waals surface area (Å²) in [7, 11) is 0. The third-order valence-corrected chi connectivity index (χ3v) is 4.66. The molecule has 0 aliphatic rings. The van der Waals surface area contributed by atoms with E-state index in [0.29, 0.717) is 24.0 Å². The lowest BCUT2D eigenvalue weighted by Crippen LogP contribution is -2.30. The number of para-hydroxylation sites is 1. The fourth-order valence-corrected chi connectivity index (χ4v) is 3.37. The second kappa shape index (κ2) is 6.95. The van der Waals surface area contributed by atoms with Crippen molar-refractivity contribution in [1.82, 2.24) is 14.5 Å². The number of carbonyl (C=O) groups is 1.